The van der Waals surface area contributed by atoms with Gasteiger partial charge in [-0.05, 0) is 31.0 Å². The minimum Gasteiger partial charge on any atom is -0.384 e. The van der Waals surface area contributed by atoms with Crippen LogP contribution in [0, 0.1) is 6.92 Å². The molecule has 108 valence electrons. The van der Waals surface area contributed by atoms with Crippen LogP contribution in [0.15, 0.2) is 35.1 Å². The second kappa shape index (κ2) is 6.08. The zero-order chi connectivity index (χ0) is 14.8. The van der Waals surface area contributed by atoms with Crippen LogP contribution < -0.4 is 5.32 Å². The maximum atomic E-state index is 10.5. The van der Waals surface area contributed by atoms with Crippen LogP contribution in [0.3, 0.4) is 0 Å². The van der Waals surface area contributed by atoms with Crippen molar-refractivity contribution in [3.8, 4) is 0 Å². The van der Waals surface area contributed by atoms with E-state index >= 15 is 0 Å². The third kappa shape index (κ3) is 3.69. The summed E-state index contributed by atoms with van der Waals surface area (Å²) in [4.78, 5) is 0. The van der Waals surface area contributed by atoms with Crippen molar-refractivity contribution in [2.75, 3.05) is 6.54 Å². The predicted molar refractivity (Wildman–Crippen MR) is 83.4 cm³/mol. The van der Waals surface area contributed by atoms with Crippen LogP contribution in [0.5, 0.6) is 0 Å². The Hall–Kier alpha value is -1.17. The van der Waals surface area contributed by atoms with Gasteiger partial charge in [0.05, 0.1) is 6.20 Å². The first-order valence-corrected chi connectivity index (χ1v) is 7.35. The molecule has 0 fully saturated rings. The van der Waals surface area contributed by atoms with Gasteiger partial charge in [-0.2, -0.15) is 5.10 Å². The zero-order valence-electron chi connectivity index (χ0n) is 12.0. The van der Waals surface area contributed by atoms with Gasteiger partial charge in [0.15, 0.2) is 0 Å². The minimum atomic E-state index is -0.918. The maximum absolute atomic E-state index is 10.5. The molecule has 2 aromatic rings. The fourth-order valence-corrected chi connectivity index (χ4v) is 2.32. The Morgan fingerprint density at radius 1 is 1.45 bits per heavy atom. The van der Waals surface area contributed by atoms with Crippen LogP contribution in [0.1, 0.15) is 23.6 Å². The van der Waals surface area contributed by atoms with E-state index in [1.807, 2.05) is 19.3 Å². The van der Waals surface area contributed by atoms with Gasteiger partial charge in [0, 0.05) is 36.4 Å². The number of aryl methyl sites for hydroxylation is 2. The summed E-state index contributed by atoms with van der Waals surface area (Å²) in [5.41, 5.74) is 2.31. The van der Waals surface area contributed by atoms with Crippen molar-refractivity contribution in [2.45, 2.75) is 26.0 Å². The molecule has 0 radical (unpaired) electrons. The summed E-state index contributed by atoms with van der Waals surface area (Å²) in [7, 11) is 1.84. The fourth-order valence-electron chi connectivity index (χ4n) is 2.07. The molecule has 2 rings (SSSR count). The van der Waals surface area contributed by atoms with Gasteiger partial charge in [0.25, 0.3) is 0 Å². The normalized spacial score (nSPS) is 14.2. The lowest BCUT2D eigenvalue weighted by Gasteiger charge is -2.22. The van der Waals surface area contributed by atoms with Crippen molar-refractivity contribution >= 4 is 15.9 Å². The van der Waals surface area contributed by atoms with Crippen molar-refractivity contribution in [3.05, 3.63) is 51.8 Å². The van der Waals surface area contributed by atoms with Crippen LogP contribution in [-0.2, 0) is 19.2 Å². The molecule has 0 spiro atoms. The van der Waals surface area contributed by atoms with Crippen LogP contribution in [0.2, 0.25) is 0 Å². The van der Waals surface area contributed by atoms with E-state index in [1.165, 1.54) is 11.1 Å². The first-order chi connectivity index (χ1) is 9.38. The van der Waals surface area contributed by atoms with Crippen LogP contribution in [0.4, 0.5) is 0 Å². The van der Waals surface area contributed by atoms with E-state index < -0.39 is 5.60 Å². The molecule has 1 aromatic carbocycles. The Morgan fingerprint density at radius 2 is 2.20 bits per heavy atom. The summed E-state index contributed by atoms with van der Waals surface area (Å²) in [5.74, 6) is 0. The molecule has 0 aliphatic rings. The standard InChI is InChI=1S/C15H20BrN3O/c1-11-6-12(4-5-14(11)16)7-17-10-15(2,20)13-8-18-19(3)9-13/h4-6,8-9,17,20H,7,10H2,1-3H3/t15-/m1/s1. The average molecular weight is 338 g/mol. The Labute approximate surface area is 127 Å². The van der Waals surface area contributed by atoms with E-state index in [9.17, 15) is 5.11 Å². The second-order valence-corrected chi connectivity index (χ2v) is 6.22. The summed E-state index contributed by atoms with van der Waals surface area (Å²) in [6.45, 7) is 5.07. The molecule has 0 unspecified atom stereocenters. The molecule has 0 aliphatic heterocycles. The molecule has 1 atom stereocenters. The molecule has 4 nitrogen and oxygen atoms in total. The number of nitrogens with zero attached hydrogens (tertiary/aromatic N) is 2. The van der Waals surface area contributed by atoms with Gasteiger partial charge < -0.3 is 10.4 Å². The van der Waals surface area contributed by atoms with E-state index in [1.54, 1.807) is 17.8 Å². The highest BCUT2D eigenvalue weighted by Crippen LogP contribution is 2.19. The van der Waals surface area contributed by atoms with Gasteiger partial charge in [-0.25, -0.2) is 0 Å². The van der Waals surface area contributed by atoms with Crippen molar-refractivity contribution in [1.29, 1.82) is 0 Å². The minimum absolute atomic E-state index is 0.480. The molecule has 1 aromatic heterocycles. The van der Waals surface area contributed by atoms with Gasteiger partial charge in [-0.3, -0.25) is 4.68 Å². The van der Waals surface area contributed by atoms with Crippen LogP contribution in [-0.4, -0.2) is 21.4 Å². The quantitative estimate of drug-likeness (QED) is 0.881. The molecule has 0 amide bonds. The van der Waals surface area contributed by atoms with Gasteiger partial charge in [-0.1, -0.05) is 28.1 Å². The van der Waals surface area contributed by atoms with Gasteiger partial charge in [0.2, 0.25) is 0 Å². The van der Waals surface area contributed by atoms with E-state index in [0.29, 0.717) is 6.54 Å². The highest BCUT2D eigenvalue weighted by Gasteiger charge is 2.24. The summed E-state index contributed by atoms with van der Waals surface area (Å²) < 4.78 is 2.81. The lowest BCUT2D eigenvalue weighted by molar-refractivity contribution is 0.0566. The SMILES string of the molecule is Cc1cc(CNC[C@@](C)(O)c2cnn(C)c2)ccc1Br. The van der Waals surface area contributed by atoms with Gasteiger partial charge in [-0.15, -0.1) is 0 Å². The monoisotopic (exact) mass is 337 g/mol. The Morgan fingerprint density at radius 3 is 2.80 bits per heavy atom. The molecular weight excluding hydrogens is 318 g/mol. The molecule has 0 saturated carbocycles. The van der Waals surface area contributed by atoms with Gasteiger partial charge in [0.1, 0.15) is 5.60 Å². The zero-order valence-corrected chi connectivity index (χ0v) is 13.6. The molecule has 1 heterocycles. The van der Waals surface area contributed by atoms with Gasteiger partial charge >= 0.3 is 0 Å². The summed E-state index contributed by atoms with van der Waals surface area (Å²) in [6, 6.07) is 6.25. The molecule has 5 heteroatoms. The van der Waals surface area contributed by atoms with Crippen molar-refractivity contribution < 1.29 is 5.11 Å². The van der Waals surface area contributed by atoms with Crippen LogP contribution in [0.25, 0.3) is 0 Å². The third-order valence-corrected chi connectivity index (χ3v) is 4.24. The lowest BCUT2D eigenvalue weighted by Crippen LogP contribution is -2.34. The van der Waals surface area contributed by atoms with E-state index in [-0.39, 0.29) is 0 Å². The average Bonchev–Trinajstić information content (AvgIpc) is 2.81. The molecular formula is C15H20BrN3O. The number of benzene rings is 1. The predicted octanol–water partition coefficient (Wildman–Crippen LogP) is 2.49. The molecule has 20 heavy (non-hydrogen) atoms. The van der Waals surface area contributed by atoms with E-state index in [2.05, 4.69) is 45.4 Å². The molecule has 0 saturated heterocycles. The van der Waals surface area contributed by atoms with Crippen LogP contribution >= 0.6 is 15.9 Å². The van der Waals surface area contributed by atoms with Crippen molar-refractivity contribution in [3.63, 3.8) is 0 Å². The Balaban J connectivity index is 1.93. The number of aliphatic hydroxyl groups is 1. The topological polar surface area (TPSA) is 50.1 Å². The van der Waals surface area contributed by atoms with E-state index in [0.717, 1.165) is 16.6 Å². The number of hydrogen-bond acceptors (Lipinski definition) is 3. The van der Waals surface area contributed by atoms with Crippen molar-refractivity contribution in [1.82, 2.24) is 15.1 Å². The second-order valence-electron chi connectivity index (χ2n) is 5.36. The lowest BCUT2D eigenvalue weighted by atomic mass is 9.99. The highest BCUT2D eigenvalue weighted by atomic mass is 79.9. The smallest absolute Gasteiger partial charge is 0.102 e. The summed E-state index contributed by atoms with van der Waals surface area (Å²) >= 11 is 3.49. The first-order valence-electron chi connectivity index (χ1n) is 6.56. The molecule has 0 aliphatic carbocycles. The largest absolute Gasteiger partial charge is 0.384 e. The molecule has 0 bridgehead atoms. The van der Waals surface area contributed by atoms with E-state index in [4.69, 9.17) is 0 Å². The highest BCUT2D eigenvalue weighted by molar-refractivity contribution is 9.10. The van der Waals surface area contributed by atoms with Crippen molar-refractivity contribution in [2.24, 2.45) is 7.05 Å². The summed E-state index contributed by atoms with van der Waals surface area (Å²) in [6.07, 6.45) is 3.54. The number of hydrogen-bond donors (Lipinski definition) is 2. The fraction of sp³-hybridized carbons (Fsp3) is 0.400. The Kier molecular flexibility index (Phi) is 4.62. The first kappa shape index (κ1) is 15.2. The number of rotatable bonds is 5. The third-order valence-electron chi connectivity index (χ3n) is 3.35. The maximum Gasteiger partial charge on any atom is 0.102 e. The number of halogens is 1. The number of aromatic nitrogens is 2. The summed E-state index contributed by atoms with van der Waals surface area (Å²) in [5, 5.41) is 17.8. The Bertz CT molecular complexity index is 593. The molecule has 2 N–H and O–H groups in total. The number of nitrogens with one attached hydrogen (secondary N) is 1.